The van der Waals surface area contributed by atoms with Crippen molar-refractivity contribution in [2.45, 2.75) is 84.3 Å². The summed E-state index contributed by atoms with van der Waals surface area (Å²) in [5.74, 6) is -1.19. The van der Waals surface area contributed by atoms with Crippen LogP contribution in [0.3, 0.4) is 0 Å². The second-order valence-electron chi connectivity index (χ2n) is 11.6. The Balaban J connectivity index is 1.72. The van der Waals surface area contributed by atoms with Gasteiger partial charge >= 0.3 is 12.1 Å². The van der Waals surface area contributed by atoms with Gasteiger partial charge in [0.2, 0.25) is 10.0 Å². The van der Waals surface area contributed by atoms with E-state index in [9.17, 15) is 31.5 Å². The van der Waals surface area contributed by atoms with E-state index in [0.717, 1.165) is 17.7 Å². The number of hydrogen-bond donors (Lipinski definition) is 1. The largest absolute Gasteiger partial charge is 0.481 e. The fourth-order valence-electron chi connectivity index (χ4n) is 5.24. The molecule has 2 aromatic carbocycles. The highest BCUT2D eigenvalue weighted by Gasteiger charge is 2.40. The van der Waals surface area contributed by atoms with E-state index in [1.807, 2.05) is 13.8 Å². The van der Waals surface area contributed by atoms with Crippen molar-refractivity contribution in [3.8, 4) is 0 Å². The number of nitrogens with zero attached hydrogens (tertiary/aromatic N) is 4. The lowest BCUT2D eigenvalue weighted by atomic mass is 9.81. The van der Waals surface area contributed by atoms with Crippen LogP contribution in [-0.4, -0.2) is 45.3 Å². The summed E-state index contributed by atoms with van der Waals surface area (Å²) in [7, 11) is -4.29. The molecule has 0 saturated carbocycles. The SMILES string of the molecule is CC[C@H]1Cc2ccc(C(F)(F)F)cc2S(=O)(=O)N(Cc2cc([C@@H](OCc3cn(CC)nn3)C(C)(C)C(=O)O)ccc2C)C1. The van der Waals surface area contributed by atoms with Crippen molar-refractivity contribution in [2.24, 2.45) is 11.3 Å². The number of ether oxygens (including phenoxy) is 1. The molecule has 1 aromatic heterocycles. The summed E-state index contributed by atoms with van der Waals surface area (Å²) in [6, 6.07) is 8.16. The molecule has 0 radical (unpaired) electrons. The van der Waals surface area contributed by atoms with Gasteiger partial charge in [-0.2, -0.15) is 17.5 Å². The topological polar surface area (TPSA) is 115 Å². The van der Waals surface area contributed by atoms with Crippen LogP contribution in [0.15, 0.2) is 47.5 Å². The van der Waals surface area contributed by atoms with Crippen LogP contribution in [0.4, 0.5) is 13.2 Å². The van der Waals surface area contributed by atoms with Crippen LogP contribution in [0.25, 0.3) is 0 Å². The minimum atomic E-state index is -4.69. The van der Waals surface area contributed by atoms with Crippen LogP contribution in [0, 0.1) is 18.3 Å². The number of benzene rings is 2. The van der Waals surface area contributed by atoms with Gasteiger partial charge < -0.3 is 9.84 Å². The number of alkyl halides is 3. The average Bonchev–Trinajstić information content (AvgIpc) is 3.37. The Morgan fingerprint density at radius 2 is 1.88 bits per heavy atom. The molecule has 1 N–H and O–H groups in total. The van der Waals surface area contributed by atoms with Crippen LogP contribution in [-0.2, 0) is 51.8 Å². The van der Waals surface area contributed by atoms with Gasteiger partial charge in [0.15, 0.2) is 0 Å². The lowest BCUT2D eigenvalue weighted by Crippen LogP contribution is -2.34. The van der Waals surface area contributed by atoms with E-state index in [1.165, 1.54) is 10.4 Å². The minimum Gasteiger partial charge on any atom is -0.481 e. The van der Waals surface area contributed by atoms with Gasteiger partial charge in [-0.15, -0.1) is 5.10 Å². The van der Waals surface area contributed by atoms with Crippen molar-refractivity contribution in [3.63, 3.8) is 0 Å². The molecule has 0 amide bonds. The summed E-state index contributed by atoms with van der Waals surface area (Å²) >= 11 is 0. The van der Waals surface area contributed by atoms with Gasteiger partial charge in [0.1, 0.15) is 5.69 Å². The zero-order valence-corrected chi connectivity index (χ0v) is 25.7. The second kappa shape index (κ2) is 12.4. The molecule has 0 fully saturated rings. The van der Waals surface area contributed by atoms with Crippen molar-refractivity contribution in [1.29, 1.82) is 0 Å². The highest BCUT2D eigenvalue weighted by molar-refractivity contribution is 7.89. The lowest BCUT2D eigenvalue weighted by Gasteiger charge is -2.31. The van der Waals surface area contributed by atoms with Gasteiger partial charge in [0.05, 0.1) is 34.8 Å². The van der Waals surface area contributed by atoms with Crippen LogP contribution in [0.5, 0.6) is 0 Å². The lowest BCUT2D eigenvalue weighted by molar-refractivity contribution is -0.158. The molecule has 0 spiro atoms. The van der Waals surface area contributed by atoms with Crippen molar-refractivity contribution in [1.82, 2.24) is 19.3 Å². The fourth-order valence-corrected chi connectivity index (χ4v) is 6.99. The molecule has 1 aliphatic heterocycles. The van der Waals surface area contributed by atoms with E-state index >= 15 is 0 Å². The highest BCUT2D eigenvalue weighted by Crippen LogP contribution is 2.40. The van der Waals surface area contributed by atoms with E-state index in [1.54, 1.807) is 49.8 Å². The number of carbonyl (C=O) groups is 1. The van der Waals surface area contributed by atoms with E-state index < -0.39 is 39.3 Å². The maximum atomic E-state index is 13.9. The van der Waals surface area contributed by atoms with Gasteiger partial charge in [0, 0.05) is 19.6 Å². The summed E-state index contributed by atoms with van der Waals surface area (Å²) in [6.07, 6.45) is -2.94. The summed E-state index contributed by atoms with van der Waals surface area (Å²) in [6.45, 7) is 9.37. The Morgan fingerprint density at radius 1 is 1.16 bits per heavy atom. The molecule has 43 heavy (non-hydrogen) atoms. The third kappa shape index (κ3) is 6.94. The Morgan fingerprint density at radius 3 is 2.49 bits per heavy atom. The van der Waals surface area contributed by atoms with Crippen molar-refractivity contribution in [3.05, 3.63) is 76.1 Å². The number of sulfonamides is 1. The first-order chi connectivity index (χ1) is 20.1. The van der Waals surface area contributed by atoms with Crippen molar-refractivity contribution in [2.75, 3.05) is 6.54 Å². The van der Waals surface area contributed by atoms with Crippen LogP contribution >= 0.6 is 0 Å². The summed E-state index contributed by atoms with van der Waals surface area (Å²) < 4.78 is 77.4. The third-order valence-corrected chi connectivity index (χ3v) is 9.99. The first-order valence-corrected chi connectivity index (χ1v) is 15.6. The maximum Gasteiger partial charge on any atom is 0.416 e. The Hall–Kier alpha value is -3.29. The van der Waals surface area contributed by atoms with Gasteiger partial charge in [-0.25, -0.2) is 8.42 Å². The summed E-state index contributed by atoms with van der Waals surface area (Å²) in [4.78, 5) is 12.0. The van der Waals surface area contributed by atoms with Crippen LogP contribution in [0.1, 0.15) is 73.7 Å². The Labute approximate surface area is 249 Å². The van der Waals surface area contributed by atoms with Gasteiger partial charge in [-0.1, -0.05) is 42.8 Å². The van der Waals surface area contributed by atoms with E-state index in [-0.39, 0.29) is 30.5 Å². The number of carboxylic acids is 1. The summed E-state index contributed by atoms with van der Waals surface area (Å²) in [5.41, 5.74) is 0.370. The van der Waals surface area contributed by atoms with Gasteiger partial charge in [0.25, 0.3) is 0 Å². The molecule has 0 saturated heterocycles. The molecular formula is C30H37F3N4O5S. The molecule has 2 atom stereocenters. The Kier molecular flexibility index (Phi) is 9.38. The maximum absolute atomic E-state index is 13.9. The highest BCUT2D eigenvalue weighted by atomic mass is 32.2. The zero-order valence-electron chi connectivity index (χ0n) is 24.8. The van der Waals surface area contributed by atoms with Crippen LogP contribution in [0.2, 0.25) is 0 Å². The van der Waals surface area contributed by atoms with Gasteiger partial charge in [-0.05, 0) is 74.4 Å². The predicted molar refractivity (Wildman–Crippen MR) is 152 cm³/mol. The fraction of sp³-hybridized carbons (Fsp3) is 0.500. The molecule has 234 valence electrons. The molecular weight excluding hydrogens is 585 g/mol. The summed E-state index contributed by atoms with van der Waals surface area (Å²) in [5, 5.41) is 18.1. The molecule has 0 aliphatic carbocycles. The quantitative estimate of drug-likeness (QED) is 0.306. The van der Waals surface area contributed by atoms with E-state index in [2.05, 4.69) is 10.3 Å². The zero-order chi connectivity index (χ0) is 31.7. The van der Waals surface area contributed by atoms with Crippen molar-refractivity contribution >= 4 is 16.0 Å². The number of aliphatic carboxylic acids is 1. The van der Waals surface area contributed by atoms with Crippen molar-refractivity contribution < 1.29 is 36.2 Å². The van der Waals surface area contributed by atoms with Gasteiger partial charge in [-0.3, -0.25) is 9.48 Å². The molecule has 13 heteroatoms. The first kappa shape index (κ1) is 32.6. The molecule has 3 aromatic rings. The minimum absolute atomic E-state index is 0.00158. The molecule has 2 heterocycles. The number of rotatable bonds is 10. The monoisotopic (exact) mass is 622 g/mol. The number of aryl methyl sites for hydroxylation is 2. The molecule has 0 unspecified atom stereocenters. The molecule has 0 bridgehead atoms. The Bertz CT molecular complexity index is 1590. The van der Waals surface area contributed by atoms with E-state index in [0.29, 0.717) is 41.8 Å². The standard InChI is InChI=1S/C30H37F3N4O5S/c1-6-20-12-21-10-11-24(30(31,32)33)14-26(21)43(40,41)37(15-20)16-23-13-22(9-8-19(23)3)27(29(4,5)28(38)39)42-18-25-17-36(7-2)35-34-25/h8-11,13-14,17,20,27H,6-7,12,15-16,18H2,1-5H3,(H,38,39)/t20-,27+/m0/s1. The smallest absolute Gasteiger partial charge is 0.416 e. The van der Waals surface area contributed by atoms with Crippen LogP contribution < -0.4 is 0 Å². The second-order valence-corrected chi connectivity index (χ2v) is 13.5. The molecule has 9 nitrogen and oxygen atoms in total. The number of aromatic nitrogens is 3. The number of hydrogen-bond acceptors (Lipinski definition) is 6. The number of fused-ring (bicyclic) bond motifs is 1. The van der Waals surface area contributed by atoms with E-state index in [4.69, 9.17) is 4.74 Å². The predicted octanol–water partition coefficient (Wildman–Crippen LogP) is 5.77. The normalized spacial score (nSPS) is 18.2. The third-order valence-electron chi connectivity index (χ3n) is 8.10. The molecule has 4 rings (SSSR count). The average molecular weight is 623 g/mol. The molecule has 1 aliphatic rings. The number of carboxylic acid groups (broad SMARTS) is 1. The first-order valence-electron chi connectivity index (χ1n) is 14.1. The number of halogens is 3.